The first-order valence-corrected chi connectivity index (χ1v) is 7.06. The second kappa shape index (κ2) is 6.79. The summed E-state index contributed by atoms with van der Waals surface area (Å²) in [5.74, 6) is 0.497. The second-order valence-corrected chi connectivity index (χ2v) is 4.97. The minimum atomic E-state index is -0.537. The van der Waals surface area contributed by atoms with Crippen LogP contribution in [0.5, 0.6) is 11.5 Å². The summed E-state index contributed by atoms with van der Waals surface area (Å²) in [6, 6.07) is 12.6. The number of aryl methyl sites for hydroxylation is 1. The average Bonchev–Trinajstić information content (AvgIpc) is 2.46. The zero-order chi connectivity index (χ0) is 15.2. The van der Waals surface area contributed by atoms with Gasteiger partial charge in [-0.15, -0.1) is 0 Å². The van der Waals surface area contributed by atoms with Crippen LogP contribution in [0.3, 0.4) is 0 Å². The third-order valence-electron chi connectivity index (χ3n) is 3.24. The van der Waals surface area contributed by atoms with Gasteiger partial charge in [-0.1, -0.05) is 25.5 Å². The Labute approximate surface area is 124 Å². The van der Waals surface area contributed by atoms with Crippen molar-refractivity contribution >= 4 is 11.6 Å². The highest BCUT2D eigenvalue weighted by Gasteiger charge is 2.10. The first kappa shape index (κ1) is 14.9. The van der Waals surface area contributed by atoms with E-state index in [4.69, 9.17) is 16.2 Å². The van der Waals surface area contributed by atoms with E-state index >= 15 is 0 Å². The number of primary amides is 1. The van der Waals surface area contributed by atoms with Crippen LogP contribution in [0.2, 0.25) is 0 Å². The molecule has 4 nitrogen and oxygen atoms in total. The summed E-state index contributed by atoms with van der Waals surface area (Å²) in [6.45, 7) is 2.17. The maximum Gasteiger partial charge on any atom is 0.252 e. The molecule has 0 aliphatic rings. The molecule has 0 bridgehead atoms. The zero-order valence-electron chi connectivity index (χ0n) is 12.1. The molecule has 2 aromatic rings. The zero-order valence-corrected chi connectivity index (χ0v) is 12.1. The van der Waals surface area contributed by atoms with Crippen LogP contribution in [0.25, 0.3) is 0 Å². The molecule has 0 aliphatic heterocycles. The minimum absolute atomic E-state index is 0.319. The Hall–Kier alpha value is -2.49. The fourth-order valence-corrected chi connectivity index (χ4v) is 2.06. The number of hydrogen-bond donors (Lipinski definition) is 2. The van der Waals surface area contributed by atoms with Crippen molar-refractivity contribution in [3.8, 4) is 11.5 Å². The molecule has 21 heavy (non-hydrogen) atoms. The standard InChI is InChI=1S/C17H20N2O2/c1-2-3-4-12-5-8-14(9-6-12)21-16-11-13(18)7-10-15(16)17(19)20/h5-11H,2-4,18H2,1H3,(H2,19,20). The summed E-state index contributed by atoms with van der Waals surface area (Å²) in [7, 11) is 0. The van der Waals surface area contributed by atoms with E-state index < -0.39 is 5.91 Å². The number of hydrogen-bond acceptors (Lipinski definition) is 3. The topological polar surface area (TPSA) is 78.3 Å². The molecule has 0 radical (unpaired) electrons. The van der Waals surface area contributed by atoms with Gasteiger partial charge < -0.3 is 16.2 Å². The van der Waals surface area contributed by atoms with E-state index in [-0.39, 0.29) is 0 Å². The Morgan fingerprint density at radius 1 is 1.14 bits per heavy atom. The van der Waals surface area contributed by atoms with Gasteiger partial charge in [0.2, 0.25) is 0 Å². The number of carbonyl (C=O) groups excluding carboxylic acids is 1. The Bertz CT molecular complexity index is 621. The lowest BCUT2D eigenvalue weighted by atomic mass is 10.1. The normalized spacial score (nSPS) is 10.3. The van der Waals surface area contributed by atoms with E-state index in [0.717, 1.165) is 6.42 Å². The Morgan fingerprint density at radius 2 is 1.86 bits per heavy atom. The molecule has 0 fully saturated rings. The van der Waals surface area contributed by atoms with Crippen molar-refractivity contribution in [2.75, 3.05) is 5.73 Å². The van der Waals surface area contributed by atoms with Crippen molar-refractivity contribution in [2.24, 2.45) is 5.73 Å². The van der Waals surface area contributed by atoms with Crippen molar-refractivity contribution in [3.05, 3.63) is 53.6 Å². The summed E-state index contributed by atoms with van der Waals surface area (Å²) in [6.07, 6.45) is 3.40. The van der Waals surface area contributed by atoms with Crippen molar-refractivity contribution in [2.45, 2.75) is 26.2 Å². The number of rotatable bonds is 6. The van der Waals surface area contributed by atoms with Gasteiger partial charge in [0.25, 0.3) is 5.91 Å². The second-order valence-electron chi connectivity index (χ2n) is 4.97. The lowest BCUT2D eigenvalue weighted by Gasteiger charge is -2.10. The van der Waals surface area contributed by atoms with E-state index in [9.17, 15) is 4.79 Å². The number of ether oxygens (including phenoxy) is 1. The lowest BCUT2D eigenvalue weighted by Crippen LogP contribution is -2.12. The summed E-state index contributed by atoms with van der Waals surface area (Å²) in [4.78, 5) is 11.4. The van der Waals surface area contributed by atoms with Gasteiger partial charge in [0.15, 0.2) is 0 Å². The van der Waals surface area contributed by atoms with Crippen molar-refractivity contribution < 1.29 is 9.53 Å². The number of carbonyl (C=O) groups is 1. The number of unbranched alkanes of at least 4 members (excludes halogenated alkanes) is 1. The predicted octanol–water partition coefficient (Wildman–Crippen LogP) is 3.50. The van der Waals surface area contributed by atoms with Crippen LogP contribution in [-0.4, -0.2) is 5.91 Å². The van der Waals surface area contributed by atoms with Gasteiger partial charge in [-0.25, -0.2) is 0 Å². The first-order valence-electron chi connectivity index (χ1n) is 7.06. The van der Waals surface area contributed by atoms with Crippen LogP contribution < -0.4 is 16.2 Å². The van der Waals surface area contributed by atoms with E-state index in [1.807, 2.05) is 24.3 Å². The molecule has 0 atom stereocenters. The summed E-state index contributed by atoms with van der Waals surface area (Å²) >= 11 is 0. The van der Waals surface area contributed by atoms with Gasteiger partial charge in [0.1, 0.15) is 11.5 Å². The van der Waals surface area contributed by atoms with E-state index in [1.165, 1.54) is 18.4 Å². The summed E-state index contributed by atoms with van der Waals surface area (Å²) in [5.41, 5.74) is 13.2. The molecule has 0 saturated heterocycles. The number of benzene rings is 2. The van der Waals surface area contributed by atoms with Gasteiger partial charge in [-0.2, -0.15) is 0 Å². The predicted molar refractivity (Wildman–Crippen MR) is 84.5 cm³/mol. The number of anilines is 1. The molecule has 1 amide bonds. The van der Waals surface area contributed by atoms with E-state index in [0.29, 0.717) is 22.7 Å². The summed E-state index contributed by atoms with van der Waals surface area (Å²) in [5, 5.41) is 0. The smallest absolute Gasteiger partial charge is 0.252 e. The third kappa shape index (κ3) is 3.99. The quantitative estimate of drug-likeness (QED) is 0.797. The van der Waals surface area contributed by atoms with Crippen LogP contribution in [0, 0.1) is 0 Å². The van der Waals surface area contributed by atoms with Gasteiger partial charge in [0.05, 0.1) is 5.56 Å². The van der Waals surface area contributed by atoms with Crippen LogP contribution in [-0.2, 0) is 6.42 Å². The van der Waals surface area contributed by atoms with Crippen molar-refractivity contribution in [3.63, 3.8) is 0 Å². The Kier molecular flexibility index (Phi) is 4.82. The van der Waals surface area contributed by atoms with Crippen LogP contribution in [0.15, 0.2) is 42.5 Å². The molecule has 0 aliphatic carbocycles. The fourth-order valence-electron chi connectivity index (χ4n) is 2.06. The molecule has 4 heteroatoms. The van der Waals surface area contributed by atoms with E-state index in [1.54, 1.807) is 18.2 Å². The molecular weight excluding hydrogens is 264 g/mol. The molecule has 2 aromatic carbocycles. The molecule has 0 spiro atoms. The summed E-state index contributed by atoms with van der Waals surface area (Å²) < 4.78 is 5.73. The highest BCUT2D eigenvalue weighted by Crippen LogP contribution is 2.27. The number of nitrogen functional groups attached to an aromatic ring is 1. The first-order chi connectivity index (χ1) is 10.1. The highest BCUT2D eigenvalue weighted by atomic mass is 16.5. The molecule has 4 N–H and O–H groups in total. The van der Waals surface area contributed by atoms with Gasteiger partial charge in [-0.3, -0.25) is 4.79 Å². The van der Waals surface area contributed by atoms with Crippen LogP contribution >= 0.6 is 0 Å². The van der Waals surface area contributed by atoms with Crippen LogP contribution in [0.1, 0.15) is 35.7 Å². The maximum atomic E-state index is 11.4. The van der Waals surface area contributed by atoms with Gasteiger partial charge >= 0.3 is 0 Å². The SMILES string of the molecule is CCCCc1ccc(Oc2cc(N)ccc2C(N)=O)cc1. The molecule has 2 rings (SSSR count). The highest BCUT2D eigenvalue weighted by molar-refractivity contribution is 5.96. The molecular formula is C17H20N2O2. The van der Waals surface area contributed by atoms with Crippen molar-refractivity contribution in [1.82, 2.24) is 0 Å². The molecule has 0 unspecified atom stereocenters. The molecule has 0 saturated carbocycles. The van der Waals surface area contributed by atoms with Gasteiger partial charge in [0, 0.05) is 11.8 Å². The van der Waals surface area contributed by atoms with Crippen LogP contribution in [0.4, 0.5) is 5.69 Å². The van der Waals surface area contributed by atoms with Crippen molar-refractivity contribution in [1.29, 1.82) is 0 Å². The number of nitrogens with two attached hydrogens (primary N) is 2. The maximum absolute atomic E-state index is 11.4. The largest absolute Gasteiger partial charge is 0.456 e. The minimum Gasteiger partial charge on any atom is -0.456 e. The van der Waals surface area contributed by atoms with E-state index in [2.05, 4.69) is 6.92 Å². The Balaban J connectivity index is 2.18. The fraction of sp³-hybridized carbons (Fsp3) is 0.235. The number of amides is 1. The molecule has 0 aromatic heterocycles. The third-order valence-corrected chi connectivity index (χ3v) is 3.24. The lowest BCUT2D eigenvalue weighted by molar-refractivity contribution is 0.0998. The Morgan fingerprint density at radius 3 is 2.48 bits per heavy atom. The molecule has 0 heterocycles. The monoisotopic (exact) mass is 284 g/mol. The molecule has 110 valence electrons. The van der Waals surface area contributed by atoms with Gasteiger partial charge in [-0.05, 0) is 42.7 Å². The average molecular weight is 284 g/mol.